The number of carbonyl (C=O) groups excluding carboxylic acids is 1. The lowest BCUT2D eigenvalue weighted by Gasteiger charge is -2.03. The van der Waals surface area contributed by atoms with Crippen molar-refractivity contribution in [3.05, 3.63) is 36.2 Å². The fraction of sp³-hybridized carbons (Fsp3) is 0.357. The van der Waals surface area contributed by atoms with Gasteiger partial charge in [0.25, 0.3) is 0 Å². The second-order valence-electron chi connectivity index (χ2n) is 4.74. The van der Waals surface area contributed by atoms with Gasteiger partial charge < -0.3 is 5.32 Å². The first-order chi connectivity index (χ1) is 9.78. The molecule has 5 nitrogen and oxygen atoms in total. The van der Waals surface area contributed by atoms with Crippen LogP contribution in [0.25, 0.3) is 5.69 Å². The Labute approximate surface area is 121 Å². The molecule has 2 aromatic rings. The summed E-state index contributed by atoms with van der Waals surface area (Å²) in [5, 5.41) is 7.80. The van der Waals surface area contributed by atoms with Crippen LogP contribution in [0.15, 0.2) is 35.5 Å². The number of nitrogens with zero attached hydrogens (tertiary/aromatic N) is 3. The molecule has 1 heterocycles. The summed E-state index contributed by atoms with van der Waals surface area (Å²) in [6.45, 7) is 0. The third kappa shape index (κ3) is 2.85. The zero-order chi connectivity index (χ0) is 13.9. The molecular weight excluding hydrogens is 272 g/mol. The molecular formula is C14H16N4OS. The number of benzene rings is 1. The molecule has 0 unspecified atom stereocenters. The highest BCUT2D eigenvalue weighted by atomic mass is 32.2. The highest BCUT2D eigenvalue weighted by Crippen LogP contribution is 2.40. The minimum absolute atomic E-state index is 0.0148. The Balaban J connectivity index is 1.85. The fourth-order valence-corrected chi connectivity index (χ4v) is 2.63. The molecule has 1 aromatic heterocycles. The minimum Gasteiger partial charge on any atom is -0.358 e. The van der Waals surface area contributed by atoms with Crippen LogP contribution in [-0.4, -0.2) is 33.5 Å². The molecule has 0 saturated heterocycles. The third-order valence-corrected chi connectivity index (χ3v) is 4.00. The van der Waals surface area contributed by atoms with E-state index in [0.29, 0.717) is 16.8 Å². The predicted octanol–water partition coefficient (Wildman–Crippen LogP) is 1.98. The van der Waals surface area contributed by atoms with Gasteiger partial charge in [-0.15, -0.1) is 5.10 Å². The van der Waals surface area contributed by atoms with Crippen molar-refractivity contribution >= 4 is 17.7 Å². The lowest BCUT2D eigenvalue weighted by molar-refractivity contribution is -0.118. The summed E-state index contributed by atoms with van der Waals surface area (Å²) in [6, 6.07) is 10.0. The first-order valence-corrected chi connectivity index (χ1v) is 7.62. The molecule has 20 heavy (non-hydrogen) atoms. The monoisotopic (exact) mass is 288 g/mol. The van der Waals surface area contributed by atoms with E-state index in [9.17, 15) is 4.79 Å². The normalized spacial score (nSPS) is 14.2. The van der Waals surface area contributed by atoms with E-state index >= 15 is 0 Å². The zero-order valence-corrected chi connectivity index (χ0v) is 12.1. The van der Waals surface area contributed by atoms with Crippen molar-refractivity contribution in [3.8, 4) is 5.69 Å². The molecule has 1 amide bonds. The minimum atomic E-state index is -0.0148. The maximum absolute atomic E-state index is 11.3. The van der Waals surface area contributed by atoms with Gasteiger partial charge in [0.05, 0.1) is 11.4 Å². The van der Waals surface area contributed by atoms with E-state index in [1.54, 1.807) is 7.05 Å². The number of aromatic nitrogens is 3. The molecule has 0 atom stereocenters. The van der Waals surface area contributed by atoms with Gasteiger partial charge in [-0.1, -0.05) is 30.0 Å². The quantitative estimate of drug-likeness (QED) is 0.855. The van der Waals surface area contributed by atoms with Crippen molar-refractivity contribution in [1.29, 1.82) is 0 Å². The van der Waals surface area contributed by atoms with Gasteiger partial charge in [0.2, 0.25) is 11.1 Å². The van der Waals surface area contributed by atoms with Crippen LogP contribution < -0.4 is 5.32 Å². The summed E-state index contributed by atoms with van der Waals surface area (Å²) < 4.78 is 1.91. The van der Waals surface area contributed by atoms with Crippen LogP contribution in [-0.2, 0) is 4.79 Å². The SMILES string of the molecule is CNC(=O)CSc1nc(C2CC2)n(-c2ccccc2)n1. The molecule has 1 N–H and O–H groups in total. The topological polar surface area (TPSA) is 59.8 Å². The van der Waals surface area contributed by atoms with Crippen molar-refractivity contribution in [2.24, 2.45) is 0 Å². The summed E-state index contributed by atoms with van der Waals surface area (Å²) in [5.74, 6) is 1.85. The van der Waals surface area contributed by atoms with Gasteiger partial charge in [0, 0.05) is 13.0 Å². The van der Waals surface area contributed by atoms with Crippen molar-refractivity contribution in [3.63, 3.8) is 0 Å². The van der Waals surface area contributed by atoms with Crippen LogP contribution in [0, 0.1) is 0 Å². The second kappa shape index (κ2) is 5.66. The summed E-state index contributed by atoms with van der Waals surface area (Å²) in [6.07, 6.45) is 2.34. The van der Waals surface area contributed by atoms with Crippen LogP contribution >= 0.6 is 11.8 Å². The van der Waals surface area contributed by atoms with Crippen molar-refractivity contribution < 1.29 is 4.79 Å². The van der Waals surface area contributed by atoms with Gasteiger partial charge in [0.15, 0.2) is 0 Å². The Morgan fingerprint density at radius 3 is 2.80 bits per heavy atom. The number of thioether (sulfide) groups is 1. The van der Waals surface area contributed by atoms with Crippen molar-refractivity contribution in [2.75, 3.05) is 12.8 Å². The summed E-state index contributed by atoms with van der Waals surface area (Å²) >= 11 is 1.37. The fourth-order valence-electron chi connectivity index (χ4n) is 1.93. The number of hydrogen-bond acceptors (Lipinski definition) is 4. The van der Waals surface area contributed by atoms with Crippen LogP contribution in [0.1, 0.15) is 24.6 Å². The van der Waals surface area contributed by atoms with E-state index in [0.717, 1.165) is 11.5 Å². The number of carbonyl (C=O) groups is 1. The van der Waals surface area contributed by atoms with Gasteiger partial charge in [-0.25, -0.2) is 9.67 Å². The molecule has 1 aliphatic rings. The van der Waals surface area contributed by atoms with Crippen LogP contribution in [0.2, 0.25) is 0 Å². The van der Waals surface area contributed by atoms with Crippen LogP contribution in [0.4, 0.5) is 0 Å². The summed E-state index contributed by atoms with van der Waals surface area (Å²) in [7, 11) is 1.63. The van der Waals surface area contributed by atoms with Gasteiger partial charge in [-0.3, -0.25) is 4.79 Å². The molecule has 1 aromatic carbocycles. The predicted molar refractivity (Wildman–Crippen MR) is 78.1 cm³/mol. The molecule has 6 heteroatoms. The van der Waals surface area contributed by atoms with Crippen molar-refractivity contribution in [1.82, 2.24) is 20.1 Å². The van der Waals surface area contributed by atoms with E-state index in [1.807, 2.05) is 35.0 Å². The molecule has 0 bridgehead atoms. The lowest BCUT2D eigenvalue weighted by Crippen LogP contribution is -2.19. The van der Waals surface area contributed by atoms with E-state index in [4.69, 9.17) is 0 Å². The average molecular weight is 288 g/mol. The Kier molecular flexibility index (Phi) is 3.73. The number of nitrogens with one attached hydrogen (secondary N) is 1. The molecule has 3 rings (SSSR count). The number of hydrogen-bond donors (Lipinski definition) is 1. The summed E-state index contributed by atoms with van der Waals surface area (Å²) in [4.78, 5) is 15.9. The van der Waals surface area contributed by atoms with Gasteiger partial charge >= 0.3 is 0 Å². The Bertz CT molecular complexity index is 607. The Morgan fingerprint density at radius 2 is 2.15 bits per heavy atom. The third-order valence-electron chi connectivity index (χ3n) is 3.17. The molecule has 0 radical (unpaired) electrons. The molecule has 1 saturated carbocycles. The number of amides is 1. The molecule has 104 valence electrons. The largest absolute Gasteiger partial charge is 0.358 e. The lowest BCUT2D eigenvalue weighted by atomic mass is 10.3. The highest BCUT2D eigenvalue weighted by Gasteiger charge is 2.30. The molecule has 1 fully saturated rings. The number of rotatable bonds is 5. The van der Waals surface area contributed by atoms with Gasteiger partial charge in [0.1, 0.15) is 5.82 Å². The second-order valence-corrected chi connectivity index (χ2v) is 5.68. The first-order valence-electron chi connectivity index (χ1n) is 6.63. The molecule has 0 aliphatic heterocycles. The average Bonchev–Trinajstić information content (AvgIpc) is 3.25. The zero-order valence-electron chi connectivity index (χ0n) is 11.2. The maximum atomic E-state index is 11.3. The van der Waals surface area contributed by atoms with Gasteiger partial charge in [-0.2, -0.15) is 0 Å². The first kappa shape index (κ1) is 13.2. The Hall–Kier alpha value is -1.82. The Morgan fingerprint density at radius 1 is 1.40 bits per heavy atom. The number of para-hydroxylation sites is 1. The summed E-state index contributed by atoms with van der Waals surface area (Å²) in [5.41, 5.74) is 1.02. The van der Waals surface area contributed by atoms with Gasteiger partial charge in [-0.05, 0) is 25.0 Å². The van der Waals surface area contributed by atoms with Crippen LogP contribution in [0.5, 0.6) is 0 Å². The van der Waals surface area contributed by atoms with E-state index in [-0.39, 0.29) is 5.91 Å². The van der Waals surface area contributed by atoms with E-state index in [1.165, 1.54) is 24.6 Å². The van der Waals surface area contributed by atoms with E-state index < -0.39 is 0 Å². The standard InChI is InChI=1S/C14H16N4OS/c1-15-12(19)9-20-14-16-13(10-7-8-10)18(17-14)11-5-3-2-4-6-11/h2-6,10H,7-9H2,1H3,(H,15,19). The van der Waals surface area contributed by atoms with Crippen molar-refractivity contribution in [2.45, 2.75) is 23.9 Å². The van der Waals surface area contributed by atoms with Crippen LogP contribution in [0.3, 0.4) is 0 Å². The molecule has 1 aliphatic carbocycles. The maximum Gasteiger partial charge on any atom is 0.230 e. The highest BCUT2D eigenvalue weighted by molar-refractivity contribution is 7.99. The van der Waals surface area contributed by atoms with E-state index in [2.05, 4.69) is 15.4 Å². The molecule has 0 spiro atoms. The smallest absolute Gasteiger partial charge is 0.230 e.